The molecule has 0 bridgehead atoms. The average molecular weight is 352 g/mol. The first-order valence-electron chi connectivity index (χ1n) is 5.70. The van der Waals surface area contributed by atoms with Crippen LogP contribution in [0.1, 0.15) is 51.4 Å². The van der Waals surface area contributed by atoms with E-state index in [4.69, 9.17) is 5.11 Å². The Morgan fingerprint density at radius 3 is 1.53 bits per heavy atom. The van der Waals surface area contributed by atoms with Crippen LogP contribution in [0.5, 0.6) is 0 Å². The summed E-state index contributed by atoms with van der Waals surface area (Å²) in [7, 11) is 2.60. The smallest absolute Gasteiger partial charge is 0.307 e. The second-order valence-corrected chi connectivity index (χ2v) is 5.16. The fourth-order valence-electron chi connectivity index (χ4n) is 2.18. The van der Waals surface area contributed by atoms with Gasteiger partial charge in [0.1, 0.15) is 0 Å². The molecule has 2 aliphatic carbocycles. The van der Waals surface area contributed by atoms with Gasteiger partial charge in [-0.3, -0.25) is 4.79 Å². The quantitative estimate of drug-likeness (QED) is 0.582. The number of hydrogen-bond acceptors (Lipinski definition) is 1. The van der Waals surface area contributed by atoms with Gasteiger partial charge < -0.3 is 5.11 Å². The zero-order chi connectivity index (χ0) is 10.4. The second-order valence-electron chi connectivity index (χ2n) is 4.31. The molecular weight excluding hydrogens is 331 g/mol. The zero-order valence-electron chi connectivity index (χ0n) is 9.81. The maximum absolute atomic E-state index is 10.4. The predicted molar refractivity (Wildman–Crippen MR) is 61.6 cm³/mol. The molecule has 0 aromatic carbocycles. The van der Waals surface area contributed by atoms with Crippen molar-refractivity contribution >= 4 is 15.2 Å². The molecule has 0 aliphatic heterocycles. The van der Waals surface area contributed by atoms with Gasteiger partial charge >= 0.3 is 5.97 Å². The third-order valence-corrected chi connectivity index (χ3v) is 3.93. The van der Waals surface area contributed by atoms with Crippen LogP contribution in [0.15, 0.2) is 0 Å². The molecule has 0 spiro atoms. The molecule has 3 unspecified atom stereocenters. The Bertz CT molecular complexity index is 185. The number of carbonyl (C=O) groups is 1. The predicted octanol–water partition coefficient (Wildman–Crippen LogP) is 3.06. The molecule has 0 aromatic heterocycles. The van der Waals surface area contributed by atoms with Gasteiger partial charge in [0, 0.05) is 92.5 Å². The molecular formula is C11H21Ar2FeO2P. The van der Waals surface area contributed by atoms with Crippen LogP contribution >= 0.6 is 9.24 Å². The van der Waals surface area contributed by atoms with Crippen LogP contribution in [-0.2, 0) is 21.9 Å². The summed E-state index contributed by atoms with van der Waals surface area (Å²) in [6.07, 6.45) is 10.5. The topological polar surface area (TPSA) is 37.3 Å². The van der Waals surface area contributed by atoms with Gasteiger partial charge in [-0.2, -0.15) is 0 Å². The van der Waals surface area contributed by atoms with Crippen molar-refractivity contribution in [2.75, 3.05) is 0 Å². The van der Waals surface area contributed by atoms with Crippen LogP contribution < -0.4 is 0 Å². The van der Waals surface area contributed by atoms with Crippen molar-refractivity contribution in [3.63, 3.8) is 0 Å². The molecule has 0 saturated heterocycles. The largest absolute Gasteiger partial charge is 0.481 e. The van der Waals surface area contributed by atoms with E-state index in [1.54, 1.807) is 0 Å². The Morgan fingerprint density at radius 1 is 0.941 bits per heavy atom. The van der Waals surface area contributed by atoms with E-state index in [9.17, 15) is 4.79 Å². The van der Waals surface area contributed by atoms with Gasteiger partial charge in [0.05, 0.1) is 5.92 Å². The minimum Gasteiger partial charge on any atom is -0.481 e. The molecule has 2 rings (SSSR count). The van der Waals surface area contributed by atoms with Gasteiger partial charge in [0.2, 0.25) is 0 Å². The number of carboxylic acid groups (broad SMARTS) is 1. The van der Waals surface area contributed by atoms with E-state index in [-0.39, 0.29) is 98.5 Å². The Hall–Kier alpha value is 2.94. The Labute approximate surface area is 177 Å². The molecule has 106 valence electrons. The van der Waals surface area contributed by atoms with Crippen LogP contribution in [0, 0.1) is 81.4 Å². The first-order valence-corrected chi connectivity index (χ1v) is 6.37. The van der Waals surface area contributed by atoms with Gasteiger partial charge in [-0.25, -0.2) is 0 Å². The minimum atomic E-state index is -0.632. The van der Waals surface area contributed by atoms with Crippen molar-refractivity contribution < 1.29 is 102 Å². The Kier molecular flexibility index (Phi) is 22.5. The van der Waals surface area contributed by atoms with Gasteiger partial charge in [-0.1, -0.05) is 38.5 Å². The fraction of sp³-hybridized carbons (Fsp3) is 0.909. The van der Waals surface area contributed by atoms with E-state index in [1.165, 1.54) is 32.1 Å². The summed E-state index contributed by atoms with van der Waals surface area (Å²) in [6, 6.07) is 0. The zero-order valence-corrected chi connectivity index (χ0v) is 13.5. The molecule has 0 amide bonds. The summed E-state index contributed by atoms with van der Waals surface area (Å²) < 4.78 is 0. The molecule has 2 aliphatic rings. The van der Waals surface area contributed by atoms with Crippen molar-refractivity contribution in [2.45, 2.75) is 57.0 Å². The van der Waals surface area contributed by atoms with Gasteiger partial charge in [0.25, 0.3) is 0 Å². The fourth-order valence-corrected chi connectivity index (χ4v) is 2.77. The average Bonchev–Trinajstić information content (AvgIpc) is 2.74. The summed E-state index contributed by atoms with van der Waals surface area (Å²) in [4.78, 5) is 10.4. The van der Waals surface area contributed by atoms with E-state index in [2.05, 4.69) is 9.24 Å². The standard InChI is InChI=1S/C6H11O2P.C5H10.2Ar.Fe/c7-6(8)4-2-1-3-5(4)9;1-2-4-5-3-1;;;/h4-5H,1-3,9H2,(H,7,8);1-5H2;;;. The van der Waals surface area contributed by atoms with Crippen LogP contribution in [0.25, 0.3) is 0 Å². The minimum absolute atomic E-state index is 0. The van der Waals surface area contributed by atoms with Crippen molar-refractivity contribution in [3.8, 4) is 0 Å². The molecule has 6 heteroatoms. The van der Waals surface area contributed by atoms with Crippen molar-refractivity contribution in [1.82, 2.24) is 0 Å². The van der Waals surface area contributed by atoms with Crippen molar-refractivity contribution in [3.05, 3.63) is 0 Å². The molecule has 3 atom stereocenters. The molecule has 0 radical (unpaired) electrons. The maximum atomic E-state index is 10.4. The number of rotatable bonds is 1. The molecule has 17 heavy (non-hydrogen) atoms. The Balaban J connectivity index is -0.000000216. The molecule has 2 saturated carbocycles. The maximum Gasteiger partial charge on any atom is 0.307 e. The second kappa shape index (κ2) is 15.3. The van der Waals surface area contributed by atoms with E-state index in [0.717, 1.165) is 19.3 Å². The summed E-state index contributed by atoms with van der Waals surface area (Å²) in [5.41, 5.74) is 0.322. The molecule has 0 heterocycles. The van der Waals surface area contributed by atoms with E-state index < -0.39 is 5.97 Å². The van der Waals surface area contributed by atoms with Crippen molar-refractivity contribution in [2.24, 2.45) is 5.92 Å². The van der Waals surface area contributed by atoms with Crippen LogP contribution in [-0.4, -0.2) is 16.7 Å². The van der Waals surface area contributed by atoms with E-state index >= 15 is 0 Å². The summed E-state index contributed by atoms with van der Waals surface area (Å²) in [5, 5.41) is 8.57. The van der Waals surface area contributed by atoms with E-state index in [1.807, 2.05) is 0 Å². The monoisotopic (exact) mass is 352 g/mol. The van der Waals surface area contributed by atoms with E-state index in [0.29, 0.717) is 5.66 Å². The normalized spacial score (nSPS) is 25.5. The van der Waals surface area contributed by atoms with Gasteiger partial charge in [0.15, 0.2) is 0 Å². The first kappa shape index (κ1) is 24.9. The van der Waals surface area contributed by atoms with Crippen LogP contribution in [0.4, 0.5) is 0 Å². The SMILES string of the molecule is C1CCCC1.O=C(O)C1CCCC1P.[Ar].[Ar].[Fe]. The first-order chi connectivity index (χ1) is 6.72. The molecule has 2 nitrogen and oxygen atoms in total. The van der Waals surface area contributed by atoms with Crippen LogP contribution in [0.3, 0.4) is 0 Å². The van der Waals surface area contributed by atoms with Crippen molar-refractivity contribution in [1.29, 1.82) is 0 Å². The van der Waals surface area contributed by atoms with Gasteiger partial charge in [-0.15, -0.1) is 9.24 Å². The third kappa shape index (κ3) is 11.3. The number of carboxylic acids is 1. The number of aliphatic carboxylic acids is 1. The summed E-state index contributed by atoms with van der Waals surface area (Å²) >= 11 is 0. The molecule has 1 N–H and O–H groups in total. The van der Waals surface area contributed by atoms with Gasteiger partial charge in [-0.05, 0) is 18.5 Å². The molecule has 2 fully saturated rings. The number of hydrogen-bond donors (Lipinski definition) is 1. The van der Waals surface area contributed by atoms with Crippen LogP contribution in [0.2, 0.25) is 0 Å². The summed E-state index contributed by atoms with van der Waals surface area (Å²) in [5.74, 6) is -0.720. The Morgan fingerprint density at radius 2 is 1.35 bits per heavy atom. The third-order valence-electron chi connectivity index (χ3n) is 3.14. The molecule has 0 aromatic rings. The summed E-state index contributed by atoms with van der Waals surface area (Å²) in [6.45, 7) is 0.